The van der Waals surface area contributed by atoms with Crippen LogP contribution in [0.1, 0.15) is 12.0 Å². The van der Waals surface area contributed by atoms with Crippen molar-refractivity contribution in [2.75, 3.05) is 13.6 Å². The Morgan fingerprint density at radius 1 is 1.16 bits per heavy atom. The summed E-state index contributed by atoms with van der Waals surface area (Å²) >= 11 is 13.0. The lowest BCUT2D eigenvalue weighted by atomic mass is 10.1. The second-order valence-electron chi connectivity index (χ2n) is 4.67. The molecular formula is C15H20Cl3N. The van der Waals surface area contributed by atoms with E-state index in [0.717, 1.165) is 6.54 Å². The van der Waals surface area contributed by atoms with Crippen LogP contribution in [-0.4, -0.2) is 22.5 Å². The zero-order chi connectivity index (χ0) is 13.6. The van der Waals surface area contributed by atoms with Crippen molar-refractivity contribution < 1.29 is 16.9 Å². The van der Waals surface area contributed by atoms with Crippen LogP contribution in [-0.2, 0) is 6.54 Å². The van der Waals surface area contributed by atoms with Gasteiger partial charge in [0, 0.05) is 5.56 Å². The van der Waals surface area contributed by atoms with Gasteiger partial charge in [0.2, 0.25) is 0 Å². The fourth-order valence-electron chi connectivity index (χ4n) is 1.98. The molecule has 0 aliphatic rings. The molecule has 1 rings (SSSR count). The van der Waals surface area contributed by atoms with E-state index in [-0.39, 0.29) is 12.4 Å². The maximum Gasteiger partial charge on any atom is 0.254 e. The third-order valence-electron chi connectivity index (χ3n) is 3.09. The lowest BCUT2D eigenvalue weighted by Gasteiger charge is -2.42. The lowest BCUT2D eigenvalue weighted by molar-refractivity contribution is -0.939. The Hall–Kier alpha value is -0.470. The quantitative estimate of drug-likeness (QED) is 0.309. The summed E-state index contributed by atoms with van der Waals surface area (Å²) in [4.78, 5) is 0. The molecule has 4 heteroatoms. The first-order valence-electron chi connectivity index (χ1n) is 5.93. The van der Waals surface area contributed by atoms with E-state index >= 15 is 0 Å². The Morgan fingerprint density at radius 2 is 1.74 bits per heavy atom. The molecule has 1 atom stereocenters. The molecule has 0 aliphatic carbocycles. The van der Waals surface area contributed by atoms with Crippen molar-refractivity contribution in [2.24, 2.45) is 0 Å². The molecule has 0 aromatic heterocycles. The Bertz CT molecular complexity index is 403. The van der Waals surface area contributed by atoms with Crippen molar-refractivity contribution in [2.45, 2.75) is 17.4 Å². The average molecular weight is 321 g/mol. The summed E-state index contributed by atoms with van der Waals surface area (Å²) in [6.07, 6.45) is 4.14. The number of alkyl halides is 2. The number of benzene rings is 1. The fourth-order valence-corrected chi connectivity index (χ4v) is 2.45. The zero-order valence-corrected chi connectivity index (χ0v) is 13.4. The molecule has 0 spiro atoms. The second-order valence-corrected chi connectivity index (χ2v) is 6.11. The van der Waals surface area contributed by atoms with Crippen LogP contribution in [0.15, 0.2) is 55.6 Å². The topological polar surface area (TPSA) is 0 Å². The molecule has 0 saturated carbocycles. The van der Waals surface area contributed by atoms with E-state index in [9.17, 15) is 0 Å². The minimum Gasteiger partial charge on any atom is -1.00 e. The molecule has 1 unspecified atom stereocenters. The van der Waals surface area contributed by atoms with Gasteiger partial charge in [-0.25, -0.2) is 0 Å². The SMILES string of the molecule is C=CCC(Cl)(Cl)[N+](C)(CC=C)Cc1ccccc1.[Cl-]. The van der Waals surface area contributed by atoms with Crippen LogP contribution in [0.25, 0.3) is 0 Å². The maximum absolute atomic E-state index is 6.49. The number of hydrogen-bond acceptors (Lipinski definition) is 0. The van der Waals surface area contributed by atoms with Crippen molar-refractivity contribution in [3.63, 3.8) is 0 Å². The number of rotatable bonds is 7. The Balaban J connectivity index is 0.00000324. The summed E-state index contributed by atoms with van der Waals surface area (Å²) in [7, 11) is 2.04. The first-order valence-corrected chi connectivity index (χ1v) is 6.69. The number of halogens is 3. The highest BCUT2D eigenvalue weighted by molar-refractivity contribution is 6.47. The second kappa shape index (κ2) is 7.96. The van der Waals surface area contributed by atoms with E-state index in [4.69, 9.17) is 23.2 Å². The molecule has 1 aromatic carbocycles. The smallest absolute Gasteiger partial charge is 0.254 e. The molecule has 0 fully saturated rings. The molecule has 0 amide bonds. The molecule has 0 N–H and O–H groups in total. The Kier molecular flexibility index (Phi) is 7.76. The zero-order valence-electron chi connectivity index (χ0n) is 11.2. The van der Waals surface area contributed by atoms with Gasteiger partial charge in [-0.3, -0.25) is 4.48 Å². The summed E-state index contributed by atoms with van der Waals surface area (Å²) in [5.41, 5.74) is 1.21. The van der Waals surface area contributed by atoms with Crippen LogP contribution in [0.4, 0.5) is 0 Å². The van der Waals surface area contributed by atoms with E-state index in [0.29, 0.717) is 17.4 Å². The van der Waals surface area contributed by atoms with E-state index in [1.54, 1.807) is 6.08 Å². The van der Waals surface area contributed by atoms with Crippen LogP contribution in [0, 0.1) is 0 Å². The van der Waals surface area contributed by atoms with Gasteiger partial charge in [-0.2, -0.15) is 0 Å². The molecule has 0 bridgehead atoms. The van der Waals surface area contributed by atoms with Crippen LogP contribution in [0.3, 0.4) is 0 Å². The molecule has 1 aromatic rings. The summed E-state index contributed by atoms with van der Waals surface area (Å²) in [5, 5.41) is 0. The monoisotopic (exact) mass is 319 g/mol. The van der Waals surface area contributed by atoms with Crippen molar-refractivity contribution in [3.8, 4) is 0 Å². The Labute approximate surface area is 132 Å². The van der Waals surface area contributed by atoms with Crippen LogP contribution >= 0.6 is 23.2 Å². The predicted molar refractivity (Wildman–Crippen MR) is 80.6 cm³/mol. The van der Waals surface area contributed by atoms with Crippen LogP contribution in [0.2, 0.25) is 0 Å². The van der Waals surface area contributed by atoms with Gasteiger partial charge in [0.05, 0.1) is 20.0 Å². The third kappa shape index (κ3) is 4.85. The van der Waals surface area contributed by atoms with E-state index < -0.39 is 4.46 Å². The van der Waals surface area contributed by atoms with Crippen molar-refractivity contribution in [1.82, 2.24) is 0 Å². The minimum absolute atomic E-state index is 0. The number of nitrogens with zero attached hydrogens (tertiary/aromatic N) is 1. The molecule has 1 nitrogen and oxygen atoms in total. The first kappa shape index (κ1) is 18.5. The number of quaternary nitrogens is 1. The van der Waals surface area contributed by atoms with Crippen molar-refractivity contribution >= 4 is 23.2 Å². The van der Waals surface area contributed by atoms with Crippen molar-refractivity contribution in [3.05, 3.63) is 61.2 Å². The minimum atomic E-state index is -0.897. The van der Waals surface area contributed by atoms with E-state index in [1.165, 1.54) is 5.56 Å². The predicted octanol–water partition coefficient (Wildman–Crippen LogP) is 1.53. The highest BCUT2D eigenvalue weighted by atomic mass is 35.5. The number of hydrogen-bond donors (Lipinski definition) is 0. The largest absolute Gasteiger partial charge is 1.00 e. The standard InChI is InChI=1S/C15H20Cl2N.ClH/c1-4-11-15(16,17)18(3,12-5-2)13-14-9-7-6-8-10-14;/h4-10H,1-2,11-13H2,3H3;1H/q+1;/p-1. The van der Waals surface area contributed by atoms with Gasteiger partial charge in [-0.1, -0.05) is 43.0 Å². The van der Waals surface area contributed by atoms with Gasteiger partial charge < -0.3 is 12.4 Å². The van der Waals surface area contributed by atoms with Gasteiger partial charge in [-0.05, 0) is 29.3 Å². The highest BCUT2D eigenvalue weighted by Gasteiger charge is 2.43. The van der Waals surface area contributed by atoms with Gasteiger partial charge in [0.25, 0.3) is 4.46 Å². The molecule has 19 heavy (non-hydrogen) atoms. The van der Waals surface area contributed by atoms with Crippen LogP contribution in [0.5, 0.6) is 0 Å². The summed E-state index contributed by atoms with van der Waals surface area (Å²) < 4.78 is -0.415. The van der Waals surface area contributed by atoms with E-state index in [1.807, 2.05) is 31.3 Å². The molecular weight excluding hydrogens is 301 g/mol. The Morgan fingerprint density at radius 3 is 2.21 bits per heavy atom. The highest BCUT2D eigenvalue weighted by Crippen LogP contribution is 2.37. The summed E-state index contributed by atoms with van der Waals surface area (Å²) in [6.45, 7) is 8.99. The summed E-state index contributed by atoms with van der Waals surface area (Å²) in [6, 6.07) is 10.2. The first-order chi connectivity index (χ1) is 8.45. The molecule has 0 heterocycles. The molecule has 0 saturated heterocycles. The molecule has 0 radical (unpaired) electrons. The van der Waals surface area contributed by atoms with Gasteiger partial charge in [0.1, 0.15) is 6.54 Å². The van der Waals surface area contributed by atoms with Gasteiger partial charge in [0.15, 0.2) is 0 Å². The summed E-state index contributed by atoms with van der Waals surface area (Å²) in [5.74, 6) is 0. The van der Waals surface area contributed by atoms with Gasteiger partial charge in [-0.15, -0.1) is 6.58 Å². The van der Waals surface area contributed by atoms with Gasteiger partial charge >= 0.3 is 0 Å². The van der Waals surface area contributed by atoms with Crippen molar-refractivity contribution in [1.29, 1.82) is 0 Å². The number of likely N-dealkylation sites (N-methyl/N-ethyl adjacent to an activating group) is 1. The van der Waals surface area contributed by atoms with E-state index in [2.05, 4.69) is 25.3 Å². The lowest BCUT2D eigenvalue weighted by Crippen LogP contribution is -3.00. The fraction of sp³-hybridized carbons (Fsp3) is 0.333. The normalized spacial score (nSPS) is 14.1. The van der Waals surface area contributed by atoms with Crippen LogP contribution < -0.4 is 12.4 Å². The average Bonchev–Trinajstić information content (AvgIpc) is 2.30. The maximum atomic E-state index is 6.49. The molecule has 0 aliphatic heterocycles. The molecule has 106 valence electrons. The third-order valence-corrected chi connectivity index (χ3v) is 4.21.